The molecule has 0 aliphatic heterocycles. The van der Waals surface area contributed by atoms with Crippen molar-refractivity contribution in [3.8, 4) is 0 Å². The molecule has 0 aromatic carbocycles. The van der Waals surface area contributed by atoms with Crippen molar-refractivity contribution in [3.05, 3.63) is 0 Å². The Balaban J connectivity index is 2.28. The van der Waals surface area contributed by atoms with Crippen LogP contribution in [0.4, 0.5) is 0 Å². The van der Waals surface area contributed by atoms with Crippen molar-refractivity contribution in [2.75, 3.05) is 13.2 Å². The van der Waals surface area contributed by atoms with E-state index in [-0.39, 0.29) is 23.8 Å². The zero-order valence-electron chi connectivity index (χ0n) is 8.92. The molecule has 4 heteroatoms. The highest BCUT2D eigenvalue weighted by Crippen LogP contribution is 2.44. The number of nitrogens with one attached hydrogen (secondary N) is 1. The average molecular weight is 200 g/mol. The molecule has 4 N–H and O–H groups in total. The third kappa shape index (κ3) is 2.69. The predicted molar refractivity (Wildman–Crippen MR) is 54.6 cm³/mol. The van der Waals surface area contributed by atoms with E-state index in [4.69, 9.17) is 10.8 Å². The second kappa shape index (κ2) is 4.28. The van der Waals surface area contributed by atoms with Crippen LogP contribution in [0, 0.1) is 11.3 Å². The summed E-state index contributed by atoms with van der Waals surface area (Å²) in [5, 5.41) is 11.8. The largest absolute Gasteiger partial charge is 0.396 e. The predicted octanol–water partition coefficient (Wildman–Crippen LogP) is -0.142. The number of rotatable bonds is 5. The van der Waals surface area contributed by atoms with Crippen molar-refractivity contribution in [3.63, 3.8) is 0 Å². The Labute approximate surface area is 84.9 Å². The summed E-state index contributed by atoms with van der Waals surface area (Å²) in [7, 11) is 0. The van der Waals surface area contributed by atoms with Crippen molar-refractivity contribution in [2.45, 2.75) is 32.7 Å². The molecule has 0 spiro atoms. The Morgan fingerprint density at radius 3 is 2.50 bits per heavy atom. The molecule has 1 aliphatic rings. The van der Waals surface area contributed by atoms with Gasteiger partial charge in [0.15, 0.2) is 0 Å². The lowest BCUT2D eigenvalue weighted by Crippen LogP contribution is -2.46. The number of carbonyl (C=O) groups excluding carboxylic acids is 1. The summed E-state index contributed by atoms with van der Waals surface area (Å²) in [6.45, 7) is 4.55. The van der Waals surface area contributed by atoms with E-state index < -0.39 is 6.04 Å². The number of nitrogens with two attached hydrogens (primary N) is 1. The van der Waals surface area contributed by atoms with Gasteiger partial charge in [-0.05, 0) is 18.8 Å². The molecule has 0 heterocycles. The molecule has 1 fully saturated rings. The zero-order valence-corrected chi connectivity index (χ0v) is 8.92. The lowest BCUT2D eigenvalue weighted by atomic mass is 10.0. The first kappa shape index (κ1) is 11.5. The number of amides is 1. The fraction of sp³-hybridized carbons (Fsp3) is 0.900. The molecule has 1 rings (SSSR count). The van der Waals surface area contributed by atoms with Crippen LogP contribution in [-0.2, 0) is 4.79 Å². The summed E-state index contributed by atoms with van der Waals surface area (Å²) < 4.78 is 0. The van der Waals surface area contributed by atoms with Crippen LogP contribution < -0.4 is 11.1 Å². The monoisotopic (exact) mass is 200 g/mol. The summed E-state index contributed by atoms with van der Waals surface area (Å²) >= 11 is 0. The van der Waals surface area contributed by atoms with Crippen molar-refractivity contribution in [2.24, 2.45) is 17.1 Å². The van der Waals surface area contributed by atoms with Gasteiger partial charge in [-0.15, -0.1) is 0 Å². The molecule has 1 saturated carbocycles. The molecule has 0 unspecified atom stereocenters. The van der Waals surface area contributed by atoms with Gasteiger partial charge in [0, 0.05) is 12.0 Å². The minimum absolute atomic E-state index is 0.0354. The van der Waals surface area contributed by atoms with Gasteiger partial charge in [0.25, 0.3) is 0 Å². The fourth-order valence-electron chi connectivity index (χ4n) is 1.26. The first-order valence-electron chi connectivity index (χ1n) is 5.15. The maximum atomic E-state index is 11.5. The highest BCUT2D eigenvalue weighted by molar-refractivity contribution is 5.81. The standard InChI is InChI=1S/C10H20N2O2/c1-7(2)8(11)9(14)12-5-10(6-13)3-4-10/h7-8,13H,3-6,11H2,1-2H3,(H,12,14)/t8-/m1/s1. The molecular formula is C10H20N2O2. The lowest BCUT2D eigenvalue weighted by Gasteiger charge is -2.18. The number of hydrogen-bond donors (Lipinski definition) is 3. The number of aliphatic hydroxyl groups is 1. The van der Waals surface area contributed by atoms with Crippen LogP contribution in [-0.4, -0.2) is 30.2 Å². The van der Waals surface area contributed by atoms with E-state index in [0.29, 0.717) is 6.54 Å². The van der Waals surface area contributed by atoms with Crippen LogP contribution in [0.5, 0.6) is 0 Å². The summed E-state index contributed by atoms with van der Waals surface area (Å²) in [4.78, 5) is 11.5. The topological polar surface area (TPSA) is 75.4 Å². The summed E-state index contributed by atoms with van der Waals surface area (Å²) in [6.07, 6.45) is 2.00. The Kier molecular flexibility index (Phi) is 3.50. The Bertz CT molecular complexity index is 212. The van der Waals surface area contributed by atoms with E-state index >= 15 is 0 Å². The van der Waals surface area contributed by atoms with Gasteiger partial charge < -0.3 is 16.2 Å². The maximum Gasteiger partial charge on any atom is 0.237 e. The Hall–Kier alpha value is -0.610. The van der Waals surface area contributed by atoms with Gasteiger partial charge in [-0.25, -0.2) is 0 Å². The number of aliphatic hydroxyl groups excluding tert-OH is 1. The first-order valence-corrected chi connectivity index (χ1v) is 5.15. The molecule has 4 nitrogen and oxygen atoms in total. The first-order chi connectivity index (χ1) is 6.51. The Morgan fingerprint density at radius 1 is 1.57 bits per heavy atom. The van der Waals surface area contributed by atoms with Crippen molar-refractivity contribution < 1.29 is 9.90 Å². The van der Waals surface area contributed by atoms with Crippen LogP contribution in [0.25, 0.3) is 0 Å². The molecule has 1 atom stereocenters. The van der Waals surface area contributed by atoms with E-state index in [1.807, 2.05) is 13.8 Å². The second-order valence-electron chi connectivity index (χ2n) is 4.65. The van der Waals surface area contributed by atoms with Gasteiger partial charge in [-0.1, -0.05) is 13.8 Å². The lowest BCUT2D eigenvalue weighted by molar-refractivity contribution is -0.123. The van der Waals surface area contributed by atoms with Gasteiger partial charge >= 0.3 is 0 Å². The molecule has 0 saturated heterocycles. The van der Waals surface area contributed by atoms with E-state index in [1.165, 1.54) is 0 Å². The zero-order chi connectivity index (χ0) is 10.8. The molecule has 14 heavy (non-hydrogen) atoms. The summed E-state index contributed by atoms with van der Waals surface area (Å²) in [6, 6.07) is -0.440. The quantitative estimate of drug-likeness (QED) is 0.578. The normalized spacial score (nSPS) is 20.6. The molecule has 1 amide bonds. The van der Waals surface area contributed by atoms with E-state index in [2.05, 4.69) is 5.32 Å². The van der Waals surface area contributed by atoms with Gasteiger partial charge in [0.05, 0.1) is 12.6 Å². The van der Waals surface area contributed by atoms with Crippen LogP contribution in [0.2, 0.25) is 0 Å². The fourth-order valence-corrected chi connectivity index (χ4v) is 1.26. The van der Waals surface area contributed by atoms with Crippen LogP contribution in [0.15, 0.2) is 0 Å². The SMILES string of the molecule is CC(C)[C@@H](N)C(=O)NCC1(CO)CC1. The number of hydrogen-bond acceptors (Lipinski definition) is 3. The minimum Gasteiger partial charge on any atom is -0.396 e. The van der Waals surface area contributed by atoms with Gasteiger partial charge in [-0.2, -0.15) is 0 Å². The molecule has 82 valence electrons. The average Bonchev–Trinajstić information content (AvgIpc) is 2.93. The van der Waals surface area contributed by atoms with E-state index in [1.54, 1.807) is 0 Å². The highest BCUT2D eigenvalue weighted by atomic mass is 16.3. The Morgan fingerprint density at radius 2 is 2.14 bits per heavy atom. The van der Waals surface area contributed by atoms with Crippen molar-refractivity contribution in [1.29, 1.82) is 0 Å². The summed E-state index contributed by atoms with van der Waals surface area (Å²) in [5.41, 5.74) is 5.64. The van der Waals surface area contributed by atoms with Crippen LogP contribution in [0.1, 0.15) is 26.7 Å². The third-order valence-electron chi connectivity index (χ3n) is 2.95. The van der Waals surface area contributed by atoms with Crippen LogP contribution >= 0.6 is 0 Å². The van der Waals surface area contributed by atoms with Gasteiger partial charge in [0.2, 0.25) is 5.91 Å². The molecule has 0 bridgehead atoms. The minimum atomic E-state index is -0.440. The van der Waals surface area contributed by atoms with Gasteiger partial charge in [-0.3, -0.25) is 4.79 Å². The molecule has 0 aromatic heterocycles. The molecule has 1 aliphatic carbocycles. The molecular weight excluding hydrogens is 180 g/mol. The third-order valence-corrected chi connectivity index (χ3v) is 2.95. The van der Waals surface area contributed by atoms with E-state index in [9.17, 15) is 4.79 Å². The van der Waals surface area contributed by atoms with Crippen molar-refractivity contribution in [1.82, 2.24) is 5.32 Å². The van der Waals surface area contributed by atoms with Crippen molar-refractivity contribution >= 4 is 5.91 Å². The molecule has 0 radical (unpaired) electrons. The number of carbonyl (C=O) groups is 1. The van der Waals surface area contributed by atoms with Gasteiger partial charge in [0.1, 0.15) is 0 Å². The maximum absolute atomic E-state index is 11.5. The smallest absolute Gasteiger partial charge is 0.237 e. The van der Waals surface area contributed by atoms with Crippen LogP contribution in [0.3, 0.4) is 0 Å². The van der Waals surface area contributed by atoms with E-state index in [0.717, 1.165) is 12.8 Å². The highest BCUT2D eigenvalue weighted by Gasteiger charge is 2.42. The summed E-state index contributed by atoms with van der Waals surface area (Å²) in [5.74, 6) is 0.0407. The molecule has 0 aromatic rings. The second-order valence-corrected chi connectivity index (χ2v) is 4.65.